The van der Waals surface area contributed by atoms with Gasteiger partial charge in [0.2, 0.25) is 0 Å². The molecule has 2 aromatic heterocycles. The van der Waals surface area contributed by atoms with Crippen LogP contribution in [0.2, 0.25) is 0 Å². The maximum Gasteiger partial charge on any atom is 0.322 e. The van der Waals surface area contributed by atoms with Crippen molar-refractivity contribution >= 4 is 34.0 Å². The molecule has 0 spiro atoms. The molecule has 8 nitrogen and oxygen atoms in total. The number of aryl methyl sites for hydroxylation is 1. The van der Waals surface area contributed by atoms with E-state index in [-0.39, 0.29) is 6.03 Å². The van der Waals surface area contributed by atoms with E-state index in [0.717, 1.165) is 56.0 Å². The first-order valence-electron chi connectivity index (χ1n) is 9.21. The fraction of sp³-hybridized carbons (Fsp3) is 0.500. The van der Waals surface area contributed by atoms with Gasteiger partial charge < -0.3 is 24.8 Å². The number of ether oxygens (including phenoxy) is 1. The number of aromatic nitrogens is 2. The third kappa shape index (κ3) is 4.30. The lowest BCUT2D eigenvalue weighted by Gasteiger charge is -2.34. The van der Waals surface area contributed by atoms with Crippen LogP contribution in [-0.2, 0) is 4.74 Å². The average Bonchev–Trinajstić information content (AvgIpc) is 3.16. The molecule has 2 saturated heterocycles. The summed E-state index contributed by atoms with van der Waals surface area (Å²) < 4.78 is 5.36. The molecule has 144 valence electrons. The maximum atomic E-state index is 12.5. The van der Waals surface area contributed by atoms with Crippen molar-refractivity contribution in [2.45, 2.75) is 6.92 Å². The minimum absolute atomic E-state index is 0.0779. The van der Waals surface area contributed by atoms with Crippen molar-refractivity contribution in [3.05, 3.63) is 29.4 Å². The molecular formula is C18H24N6O2S. The zero-order valence-electron chi connectivity index (χ0n) is 15.4. The lowest BCUT2D eigenvalue weighted by molar-refractivity contribution is 0.122. The molecule has 0 unspecified atom stereocenters. The SMILES string of the molecule is Cc1cnc(N2CCN(C(=O)Nc3ccc(N4CCOCC4)nc3)CC2)s1. The molecule has 27 heavy (non-hydrogen) atoms. The Hall–Kier alpha value is -2.39. The van der Waals surface area contributed by atoms with E-state index >= 15 is 0 Å². The molecule has 2 amide bonds. The number of piperazine rings is 1. The van der Waals surface area contributed by atoms with Gasteiger partial charge in [-0.15, -0.1) is 11.3 Å². The van der Waals surface area contributed by atoms with E-state index in [1.165, 1.54) is 4.88 Å². The first kappa shape index (κ1) is 18.0. The van der Waals surface area contributed by atoms with E-state index in [9.17, 15) is 4.79 Å². The summed E-state index contributed by atoms with van der Waals surface area (Å²) in [5.74, 6) is 0.920. The number of pyridine rings is 1. The van der Waals surface area contributed by atoms with Crippen LogP contribution in [-0.4, -0.2) is 73.4 Å². The van der Waals surface area contributed by atoms with Gasteiger partial charge in [0.1, 0.15) is 5.82 Å². The summed E-state index contributed by atoms with van der Waals surface area (Å²) in [6.45, 7) is 8.18. The number of urea groups is 1. The van der Waals surface area contributed by atoms with Gasteiger partial charge in [0, 0.05) is 50.3 Å². The monoisotopic (exact) mass is 388 g/mol. The van der Waals surface area contributed by atoms with Gasteiger partial charge in [-0.2, -0.15) is 0 Å². The molecule has 2 fully saturated rings. The normalized spacial score (nSPS) is 17.9. The number of hydrogen-bond donors (Lipinski definition) is 1. The van der Waals surface area contributed by atoms with Crippen molar-refractivity contribution in [1.82, 2.24) is 14.9 Å². The van der Waals surface area contributed by atoms with Crippen LogP contribution in [0.3, 0.4) is 0 Å². The number of nitrogens with one attached hydrogen (secondary N) is 1. The molecule has 4 heterocycles. The second-order valence-corrected chi connectivity index (χ2v) is 7.88. The summed E-state index contributed by atoms with van der Waals surface area (Å²) in [4.78, 5) is 28.9. The Kier molecular flexibility index (Phi) is 5.40. The number of carbonyl (C=O) groups excluding carboxylic acids is 1. The van der Waals surface area contributed by atoms with E-state index < -0.39 is 0 Å². The van der Waals surface area contributed by atoms with Crippen LogP contribution in [0.15, 0.2) is 24.5 Å². The number of amides is 2. The summed E-state index contributed by atoms with van der Waals surface area (Å²) in [5.41, 5.74) is 0.718. The van der Waals surface area contributed by atoms with Gasteiger partial charge in [-0.3, -0.25) is 0 Å². The summed E-state index contributed by atoms with van der Waals surface area (Å²) in [5, 5.41) is 3.99. The van der Waals surface area contributed by atoms with Gasteiger partial charge >= 0.3 is 6.03 Å². The van der Waals surface area contributed by atoms with Gasteiger partial charge in [0.05, 0.1) is 25.1 Å². The molecule has 4 rings (SSSR count). The molecule has 0 atom stereocenters. The Morgan fingerprint density at radius 2 is 1.81 bits per heavy atom. The van der Waals surface area contributed by atoms with Gasteiger partial charge in [-0.1, -0.05) is 0 Å². The molecule has 2 aliphatic heterocycles. The molecule has 0 aliphatic carbocycles. The highest BCUT2D eigenvalue weighted by Crippen LogP contribution is 2.23. The van der Waals surface area contributed by atoms with Crippen LogP contribution in [0, 0.1) is 6.92 Å². The van der Waals surface area contributed by atoms with Crippen molar-refractivity contribution in [3.63, 3.8) is 0 Å². The van der Waals surface area contributed by atoms with Crippen LogP contribution < -0.4 is 15.1 Å². The van der Waals surface area contributed by atoms with E-state index in [2.05, 4.69) is 32.0 Å². The van der Waals surface area contributed by atoms with E-state index in [1.807, 2.05) is 23.2 Å². The minimum atomic E-state index is -0.0779. The minimum Gasteiger partial charge on any atom is -0.378 e. The summed E-state index contributed by atoms with van der Waals surface area (Å²) in [7, 11) is 0. The number of hydrogen-bond acceptors (Lipinski definition) is 7. The molecule has 9 heteroatoms. The van der Waals surface area contributed by atoms with Crippen LogP contribution in [0.4, 0.5) is 21.4 Å². The summed E-state index contributed by atoms with van der Waals surface area (Å²) in [6, 6.07) is 3.78. The zero-order chi connectivity index (χ0) is 18.6. The van der Waals surface area contributed by atoms with E-state index in [0.29, 0.717) is 13.1 Å². The fourth-order valence-corrected chi connectivity index (χ4v) is 4.04. The first-order valence-corrected chi connectivity index (χ1v) is 10.0. The summed E-state index contributed by atoms with van der Waals surface area (Å²) >= 11 is 1.70. The Morgan fingerprint density at radius 1 is 1.04 bits per heavy atom. The summed E-state index contributed by atoms with van der Waals surface area (Å²) in [6.07, 6.45) is 3.62. The lowest BCUT2D eigenvalue weighted by Crippen LogP contribution is -2.50. The highest BCUT2D eigenvalue weighted by Gasteiger charge is 2.23. The van der Waals surface area contributed by atoms with Crippen molar-refractivity contribution in [2.75, 3.05) is 67.6 Å². The molecule has 2 aromatic rings. The van der Waals surface area contributed by atoms with Gasteiger partial charge in [0.25, 0.3) is 0 Å². The maximum absolute atomic E-state index is 12.5. The molecule has 0 radical (unpaired) electrons. The molecule has 0 aromatic carbocycles. The van der Waals surface area contributed by atoms with Crippen molar-refractivity contribution < 1.29 is 9.53 Å². The number of nitrogens with zero attached hydrogens (tertiary/aromatic N) is 5. The van der Waals surface area contributed by atoms with E-state index in [1.54, 1.807) is 17.5 Å². The fourth-order valence-electron chi connectivity index (χ4n) is 3.23. The molecule has 0 saturated carbocycles. The van der Waals surface area contributed by atoms with Crippen LogP contribution in [0.1, 0.15) is 4.88 Å². The van der Waals surface area contributed by atoms with E-state index in [4.69, 9.17) is 4.74 Å². The third-order valence-corrected chi connectivity index (χ3v) is 5.75. The van der Waals surface area contributed by atoms with Crippen LogP contribution in [0.25, 0.3) is 0 Å². The molecule has 0 bridgehead atoms. The lowest BCUT2D eigenvalue weighted by atomic mass is 10.3. The second-order valence-electron chi connectivity index (χ2n) is 6.66. The number of anilines is 3. The predicted octanol–water partition coefficient (Wildman–Crippen LogP) is 2.04. The topological polar surface area (TPSA) is 73.8 Å². The van der Waals surface area contributed by atoms with Gasteiger partial charge in [-0.05, 0) is 19.1 Å². The second kappa shape index (κ2) is 8.10. The number of rotatable bonds is 3. The highest BCUT2D eigenvalue weighted by molar-refractivity contribution is 7.15. The predicted molar refractivity (Wildman–Crippen MR) is 107 cm³/mol. The van der Waals surface area contributed by atoms with Crippen LogP contribution in [0.5, 0.6) is 0 Å². The number of thiazole rings is 1. The molecule has 2 aliphatic rings. The van der Waals surface area contributed by atoms with Crippen molar-refractivity contribution in [1.29, 1.82) is 0 Å². The Morgan fingerprint density at radius 3 is 2.44 bits per heavy atom. The largest absolute Gasteiger partial charge is 0.378 e. The average molecular weight is 388 g/mol. The Balaban J connectivity index is 1.29. The molecular weight excluding hydrogens is 364 g/mol. The quantitative estimate of drug-likeness (QED) is 0.867. The van der Waals surface area contributed by atoms with Crippen molar-refractivity contribution in [3.8, 4) is 0 Å². The zero-order valence-corrected chi connectivity index (χ0v) is 16.2. The van der Waals surface area contributed by atoms with Gasteiger partial charge in [0.15, 0.2) is 5.13 Å². The standard InChI is InChI=1S/C18H24N6O2S/c1-14-12-20-18(27-14)24-6-4-23(5-7-24)17(25)21-15-2-3-16(19-13-15)22-8-10-26-11-9-22/h2-3,12-13H,4-11H2,1H3,(H,21,25). The third-order valence-electron chi connectivity index (χ3n) is 4.78. The highest BCUT2D eigenvalue weighted by atomic mass is 32.1. The Bertz CT molecular complexity index is 766. The van der Waals surface area contributed by atoms with Crippen LogP contribution >= 0.6 is 11.3 Å². The first-order chi connectivity index (χ1) is 13.2. The van der Waals surface area contributed by atoms with Gasteiger partial charge in [-0.25, -0.2) is 14.8 Å². The molecule has 1 N–H and O–H groups in total. The number of carbonyl (C=O) groups is 1. The Labute approximate surface area is 162 Å². The smallest absolute Gasteiger partial charge is 0.322 e. The number of morpholine rings is 1. The van der Waals surface area contributed by atoms with Crippen molar-refractivity contribution in [2.24, 2.45) is 0 Å².